The molecule has 0 radical (unpaired) electrons. The van der Waals surface area contributed by atoms with Crippen molar-refractivity contribution in [3.05, 3.63) is 43.8 Å². The van der Waals surface area contributed by atoms with Gasteiger partial charge in [0.25, 0.3) is 0 Å². The zero-order valence-corrected chi connectivity index (χ0v) is 30.3. The first-order chi connectivity index (χ1) is 18.6. The molecule has 0 saturated heterocycles. The second kappa shape index (κ2) is 14.3. The quantitative estimate of drug-likeness (QED) is 0.0736. The Bertz CT molecular complexity index is 1400. The molecule has 0 saturated carbocycles. The van der Waals surface area contributed by atoms with Crippen molar-refractivity contribution in [3.8, 4) is 0 Å². The van der Waals surface area contributed by atoms with Crippen LogP contribution in [-0.4, -0.2) is 72.0 Å². The molecule has 0 aliphatic heterocycles. The molecule has 4 rings (SSSR count). The normalized spacial score (nSPS) is 12.2. The Kier molecular flexibility index (Phi) is 11.9. The van der Waals surface area contributed by atoms with Crippen LogP contribution in [0.5, 0.6) is 0 Å². The van der Waals surface area contributed by atoms with Gasteiger partial charge in [-0.05, 0) is 43.9 Å². The largest absolute Gasteiger partial charge is 0.383 e. The van der Waals surface area contributed by atoms with Gasteiger partial charge in [-0.15, -0.1) is 0 Å². The van der Waals surface area contributed by atoms with E-state index < -0.39 is 16.1 Å². The molecule has 4 aromatic rings. The summed E-state index contributed by atoms with van der Waals surface area (Å²) in [4.78, 5) is 10.4. The molecule has 0 fully saturated rings. The number of rotatable bonds is 11. The topological polar surface area (TPSA) is 108 Å². The highest BCUT2D eigenvalue weighted by Gasteiger charge is 2.18. The van der Waals surface area contributed by atoms with Gasteiger partial charge in [-0.2, -0.15) is 19.2 Å². The first-order valence-corrected chi connectivity index (χ1v) is 22.5. The van der Waals surface area contributed by atoms with E-state index in [2.05, 4.69) is 91.3 Å². The summed E-state index contributed by atoms with van der Waals surface area (Å²) in [7, 11) is -2.27. The van der Waals surface area contributed by atoms with Crippen molar-refractivity contribution in [3.63, 3.8) is 0 Å². The number of nitrogen functional groups attached to an aromatic ring is 1. The number of fused-ring (bicyclic) bond motifs is 2. The van der Waals surface area contributed by atoms with E-state index in [-0.39, 0.29) is 0 Å². The van der Waals surface area contributed by atoms with Crippen molar-refractivity contribution in [1.29, 1.82) is 0 Å². The number of aromatic nitrogens is 6. The molecule has 16 heteroatoms. The van der Waals surface area contributed by atoms with Crippen LogP contribution in [0.4, 0.5) is 11.6 Å². The third kappa shape index (κ3) is 9.93. The van der Waals surface area contributed by atoms with Crippen LogP contribution in [0.2, 0.25) is 61.7 Å². The molecule has 4 heterocycles. The minimum absolute atomic E-state index is 0.362. The summed E-state index contributed by atoms with van der Waals surface area (Å²) in [6.45, 7) is 16.4. The number of nitrogens with zero attached hydrogens (tertiary/aromatic N) is 7. The standard InChI is InChI=1S/C18H32BrClN4O2Si2.C6H4BrClN4/c1-27(2,3)9-7-25-13-23(14-26-8-10-28(4,5)6)17-11-16(20)22-18-15(19)12-21-24(17)18;7-3-2-10-12-5(9)1-4(8)11-6(3)12/h11-12H,7-10,13-14H2,1-6H3;1-2H,9H2. The number of nitrogens with two attached hydrogens (primary N) is 1. The third-order valence-corrected chi connectivity index (χ3v) is 10.5. The smallest absolute Gasteiger partial charge is 0.173 e. The summed E-state index contributed by atoms with van der Waals surface area (Å²) in [6.07, 6.45) is 3.34. The van der Waals surface area contributed by atoms with Crippen LogP contribution in [-0.2, 0) is 9.47 Å². The maximum absolute atomic E-state index is 6.27. The summed E-state index contributed by atoms with van der Waals surface area (Å²) < 4.78 is 16.8. The van der Waals surface area contributed by atoms with Crippen LogP contribution >= 0.6 is 55.1 Å². The van der Waals surface area contributed by atoms with Crippen LogP contribution < -0.4 is 10.6 Å². The number of hydrogen-bond acceptors (Lipinski definition) is 8. The number of anilines is 2. The monoisotopic (exact) mass is 752 g/mol. The lowest BCUT2D eigenvalue weighted by atomic mass is 10.5. The number of hydrogen-bond donors (Lipinski definition) is 1. The SMILES string of the molecule is C[Si](C)(C)CCOCN(COCC[Si](C)(C)C)c1cc(Cl)nc2c(Br)cnn12.Nc1cc(Cl)nc2c(Br)cnn12. The first-order valence-electron chi connectivity index (χ1n) is 12.7. The summed E-state index contributed by atoms with van der Waals surface area (Å²) in [5.41, 5.74) is 6.93. The Hall–Kier alpha value is -1.27. The fourth-order valence-electron chi connectivity index (χ4n) is 3.32. The van der Waals surface area contributed by atoms with E-state index in [9.17, 15) is 0 Å². The Morgan fingerprint density at radius 2 is 1.25 bits per heavy atom. The molecule has 220 valence electrons. The predicted molar refractivity (Wildman–Crippen MR) is 176 cm³/mol. The summed E-state index contributed by atoms with van der Waals surface area (Å²) in [5, 5.41) is 9.18. The van der Waals surface area contributed by atoms with E-state index in [1.807, 2.05) is 4.90 Å². The van der Waals surface area contributed by atoms with Gasteiger partial charge in [0, 0.05) is 41.5 Å². The van der Waals surface area contributed by atoms with Gasteiger partial charge in [0.05, 0.1) is 21.3 Å². The Morgan fingerprint density at radius 3 is 1.75 bits per heavy atom. The van der Waals surface area contributed by atoms with E-state index in [1.54, 1.807) is 29.0 Å². The van der Waals surface area contributed by atoms with Gasteiger partial charge >= 0.3 is 0 Å². The lowest BCUT2D eigenvalue weighted by Gasteiger charge is -2.26. The molecule has 0 unspecified atom stereocenters. The molecule has 0 spiro atoms. The van der Waals surface area contributed by atoms with Gasteiger partial charge in [-0.25, -0.2) is 9.97 Å². The molecule has 2 N–H and O–H groups in total. The Morgan fingerprint density at radius 1 is 0.800 bits per heavy atom. The van der Waals surface area contributed by atoms with Crippen LogP contribution in [0.15, 0.2) is 33.5 Å². The predicted octanol–water partition coefficient (Wildman–Crippen LogP) is 7.30. The van der Waals surface area contributed by atoms with Gasteiger partial charge in [0.15, 0.2) is 11.3 Å². The van der Waals surface area contributed by atoms with Crippen LogP contribution in [0, 0.1) is 0 Å². The summed E-state index contributed by atoms with van der Waals surface area (Å²) >= 11 is 18.7. The summed E-state index contributed by atoms with van der Waals surface area (Å²) in [5.74, 6) is 1.28. The maximum atomic E-state index is 6.27. The van der Waals surface area contributed by atoms with E-state index in [0.29, 0.717) is 40.9 Å². The van der Waals surface area contributed by atoms with Crippen LogP contribution in [0.3, 0.4) is 0 Å². The third-order valence-electron chi connectivity index (χ3n) is 5.61. The average molecular weight is 755 g/mol. The van der Waals surface area contributed by atoms with Crippen molar-refractivity contribution in [1.82, 2.24) is 29.2 Å². The zero-order chi connectivity index (χ0) is 29.7. The van der Waals surface area contributed by atoms with Gasteiger partial charge in [0.1, 0.15) is 35.4 Å². The summed E-state index contributed by atoms with van der Waals surface area (Å²) in [6, 6.07) is 5.60. The first kappa shape index (κ1) is 33.2. The maximum Gasteiger partial charge on any atom is 0.173 e. The average Bonchev–Trinajstić information content (AvgIpc) is 3.39. The molecule has 0 aliphatic rings. The fraction of sp³-hybridized carbons (Fsp3) is 0.500. The van der Waals surface area contributed by atoms with Gasteiger partial charge in [-0.3, -0.25) is 0 Å². The van der Waals surface area contributed by atoms with Crippen molar-refractivity contribution in [2.75, 3.05) is 37.3 Å². The highest BCUT2D eigenvalue weighted by atomic mass is 79.9. The van der Waals surface area contributed by atoms with Crippen LogP contribution in [0.25, 0.3) is 11.3 Å². The van der Waals surface area contributed by atoms with Crippen LogP contribution in [0.1, 0.15) is 0 Å². The van der Waals surface area contributed by atoms with Crippen molar-refractivity contribution < 1.29 is 9.47 Å². The molecule has 0 aliphatic carbocycles. The van der Waals surface area contributed by atoms with Gasteiger partial charge in [0.2, 0.25) is 0 Å². The van der Waals surface area contributed by atoms with Gasteiger partial charge < -0.3 is 20.1 Å². The van der Waals surface area contributed by atoms with Crippen molar-refractivity contribution in [2.24, 2.45) is 0 Å². The van der Waals surface area contributed by atoms with Gasteiger partial charge in [-0.1, -0.05) is 62.5 Å². The molecule has 4 aromatic heterocycles. The van der Waals surface area contributed by atoms with E-state index in [4.69, 9.17) is 38.4 Å². The number of halogens is 4. The lowest BCUT2D eigenvalue weighted by molar-refractivity contribution is 0.0942. The Labute approximate surface area is 263 Å². The second-order valence-corrected chi connectivity index (χ2v) is 25.4. The molecular formula is C24H36Br2Cl2N8O2Si2. The minimum Gasteiger partial charge on any atom is -0.383 e. The lowest BCUT2D eigenvalue weighted by Crippen LogP contribution is -2.33. The molecule has 40 heavy (non-hydrogen) atoms. The van der Waals surface area contributed by atoms with E-state index >= 15 is 0 Å². The van der Waals surface area contributed by atoms with E-state index in [1.165, 1.54) is 4.52 Å². The highest BCUT2D eigenvalue weighted by molar-refractivity contribution is 9.11. The zero-order valence-electron chi connectivity index (χ0n) is 23.6. The number of ether oxygens (including phenoxy) is 2. The molecule has 0 atom stereocenters. The molecule has 0 aromatic carbocycles. The molecule has 0 bridgehead atoms. The fourth-order valence-corrected chi connectivity index (χ4v) is 5.90. The van der Waals surface area contributed by atoms with E-state index in [0.717, 1.165) is 40.1 Å². The second-order valence-electron chi connectivity index (χ2n) is 11.6. The molecular weight excluding hydrogens is 719 g/mol. The minimum atomic E-state index is -1.14. The van der Waals surface area contributed by atoms with Crippen molar-refractivity contribution >= 4 is 94.1 Å². The Balaban J connectivity index is 0.000000302. The van der Waals surface area contributed by atoms with Crippen molar-refractivity contribution in [2.45, 2.75) is 51.4 Å². The highest BCUT2D eigenvalue weighted by Crippen LogP contribution is 2.25. The molecule has 10 nitrogen and oxygen atoms in total. The molecule has 0 amide bonds.